The Morgan fingerprint density at radius 1 is 1.32 bits per heavy atom. The second-order valence-corrected chi connectivity index (χ2v) is 6.48. The number of hydrogen-bond acceptors (Lipinski definition) is 3. The lowest BCUT2D eigenvalue weighted by atomic mass is 10.0. The number of likely N-dealkylation sites (N-methyl/N-ethyl adjacent to an activating group) is 1. The maximum Gasteiger partial charge on any atom is 0.243 e. The normalized spacial score (nSPS) is 11.6. The van der Waals surface area contributed by atoms with Crippen molar-refractivity contribution in [2.75, 3.05) is 27.2 Å². The van der Waals surface area contributed by atoms with Gasteiger partial charge >= 0.3 is 0 Å². The lowest BCUT2D eigenvalue weighted by Gasteiger charge is -2.17. The van der Waals surface area contributed by atoms with E-state index < -0.39 is 0 Å². The Kier molecular flexibility index (Phi) is 8.58. The van der Waals surface area contributed by atoms with Crippen molar-refractivity contribution in [1.29, 1.82) is 0 Å². The largest absolute Gasteiger partial charge is 0.356 e. The highest BCUT2D eigenvalue weighted by atomic mass is 32.1. The predicted molar refractivity (Wildman–Crippen MR) is 94.2 cm³/mol. The van der Waals surface area contributed by atoms with Gasteiger partial charge in [-0.2, -0.15) is 0 Å². The summed E-state index contributed by atoms with van der Waals surface area (Å²) in [6.07, 6.45) is 2.27. The molecule has 0 aliphatic heterocycles. The quantitative estimate of drug-likeness (QED) is 0.570. The molecule has 0 saturated heterocycles. The van der Waals surface area contributed by atoms with Gasteiger partial charge in [0.1, 0.15) is 6.54 Å². The molecule has 0 aliphatic rings. The molecule has 6 heteroatoms. The van der Waals surface area contributed by atoms with Gasteiger partial charge in [-0.25, -0.2) is 4.99 Å². The number of thiophene rings is 1. The van der Waals surface area contributed by atoms with Crippen molar-refractivity contribution in [3.8, 4) is 0 Å². The minimum absolute atomic E-state index is 0.000225. The van der Waals surface area contributed by atoms with Gasteiger partial charge in [0.25, 0.3) is 0 Å². The van der Waals surface area contributed by atoms with Crippen LogP contribution in [0.15, 0.2) is 22.5 Å². The standard InChI is InChI=1S/C16H28N4OS/c1-5-13(6-2)10-17-16(19-12-15(21)20(3)4)18-11-14-8-7-9-22-14/h7-9,13H,5-6,10-12H2,1-4H3,(H2,17,18,19). The zero-order valence-electron chi connectivity index (χ0n) is 14.1. The van der Waals surface area contributed by atoms with E-state index in [4.69, 9.17) is 0 Å². The number of guanidine groups is 1. The summed E-state index contributed by atoms with van der Waals surface area (Å²) in [4.78, 5) is 18.9. The summed E-state index contributed by atoms with van der Waals surface area (Å²) in [7, 11) is 3.49. The molecule has 0 saturated carbocycles. The van der Waals surface area contributed by atoms with Crippen LogP contribution in [0, 0.1) is 5.92 Å². The third kappa shape index (κ3) is 6.93. The molecule has 1 aromatic heterocycles. The first-order valence-electron chi connectivity index (χ1n) is 7.81. The van der Waals surface area contributed by atoms with Crippen LogP contribution in [0.2, 0.25) is 0 Å². The summed E-state index contributed by atoms with van der Waals surface area (Å²) in [6, 6.07) is 4.12. The van der Waals surface area contributed by atoms with Gasteiger partial charge in [0, 0.05) is 25.5 Å². The Labute approximate surface area is 137 Å². The Bertz CT molecular complexity index is 453. The highest BCUT2D eigenvalue weighted by molar-refractivity contribution is 7.09. The first-order valence-corrected chi connectivity index (χ1v) is 8.69. The van der Waals surface area contributed by atoms with Gasteiger partial charge < -0.3 is 15.5 Å². The van der Waals surface area contributed by atoms with Crippen molar-refractivity contribution in [2.24, 2.45) is 10.9 Å². The Hall–Kier alpha value is -1.56. The van der Waals surface area contributed by atoms with Crippen molar-refractivity contribution in [3.63, 3.8) is 0 Å². The fourth-order valence-corrected chi connectivity index (χ4v) is 2.51. The van der Waals surface area contributed by atoms with Gasteiger partial charge in [0.05, 0.1) is 6.54 Å². The smallest absolute Gasteiger partial charge is 0.243 e. The summed E-state index contributed by atoms with van der Waals surface area (Å²) in [5.74, 6) is 1.33. The van der Waals surface area contributed by atoms with E-state index in [1.165, 1.54) is 4.88 Å². The fraction of sp³-hybridized carbons (Fsp3) is 0.625. The van der Waals surface area contributed by atoms with Gasteiger partial charge in [-0.05, 0) is 17.4 Å². The number of nitrogens with one attached hydrogen (secondary N) is 2. The molecule has 1 aromatic rings. The average molecular weight is 324 g/mol. The van der Waals surface area contributed by atoms with E-state index in [0.29, 0.717) is 11.9 Å². The molecule has 1 rings (SSSR count). The molecule has 0 spiro atoms. The number of carbonyl (C=O) groups is 1. The van der Waals surface area contributed by atoms with Crippen LogP contribution >= 0.6 is 11.3 Å². The molecule has 124 valence electrons. The fourth-order valence-electron chi connectivity index (χ4n) is 1.86. The number of rotatable bonds is 8. The van der Waals surface area contributed by atoms with Gasteiger partial charge in [-0.1, -0.05) is 32.8 Å². The van der Waals surface area contributed by atoms with Crippen molar-refractivity contribution >= 4 is 23.2 Å². The van der Waals surface area contributed by atoms with E-state index in [2.05, 4.69) is 40.9 Å². The van der Waals surface area contributed by atoms with Crippen molar-refractivity contribution in [3.05, 3.63) is 22.4 Å². The van der Waals surface area contributed by atoms with Crippen LogP contribution in [0.25, 0.3) is 0 Å². The molecule has 1 amide bonds. The highest BCUT2D eigenvalue weighted by Crippen LogP contribution is 2.07. The monoisotopic (exact) mass is 324 g/mol. The average Bonchev–Trinajstić information content (AvgIpc) is 3.02. The summed E-state index contributed by atoms with van der Waals surface area (Å²) >= 11 is 1.71. The van der Waals surface area contributed by atoms with Gasteiger partial charge in [-0.3, -0.25) is 4.79 Å². The minimum atomic E-state index is -0.000225. The number of nitrogens with zero attached hydrogens (tertiary/aromatic N) is 2. The number of hydrogen-bond donors (Lipinski definition) is 2. The van der Waals surface area contributed by atoms with Crippen LogP contribution in [0.4, 0.5) is 0 Å². The van der Waals surface area contributed by atoms with Crippen LogP contribution in [0.3, 0.4) is 0 Å². The molecular formula is C16H28N4OS. The van der Waals surface area contributed by atoms with Crippen molar-refractivity contribution in [1.82, 2.24) is 15.5 Å². The summed E-state index contributed by atoms with van der Waals surface area (Å²) in [6.45, 7) is 6.15. The van der Waals surface area contributed by atoms with Crippen LogP contribution in [0.1, 0.15) is 31.6 Å². The van der Waals surface area contributed by atoms with Crippen molar-refractivity contribution < 1.29 is 4.79 Å². The third-order valence-corrected chi connectivity index (χ3v) is 4.47. The number of amides is 1. The van der Waals surface area contributed by atoms with E-state index in [-0.39, 0.29) is 12.5 Å². The summed E-state index contributed by atoms with van der Waals surface area (Å²) in [5, 5.41) is 8.71. The lowest BCUT2D eigenvalue weighted by molar-refractivity contribution is -0.127. The number of carbonyl (C=O) groups excluding carboxylic acids is 1. The Morgan fingerprint density at radius 2 is 2.05 bits per heavy atom. The molecule has 2 N–H and O–H groups in total. The van der Waals surface area contributed by atoms with E-state index in [1.54, 1.807) is 30.3 Å². The molecule has 1 heterocycles. The van der Waals surface area contributed by atoms with Crippen LogP contribution < -0.4 is 10.6 Å². The zero-order chi connectivity index (χ0) is 16.4. The first-order chi connectivity index (χ1) is 10.6. The molecule has 0 aliphatic carbocycles. The second-order valence-electron chi connectivity index (χ2n) is 5.45. The molecule has 0 radical (unpaired) electrons. The minimum Gasteiger partial charge on any atom is -0.356 e. The van der Waals surface area contributed by atoms with Gasteiger partial charge in [-0.15, -0.1) is 11.3 Å². The molecule has 5 nitrogen and oxygen atoms in total. The molecule has 0 aromatic carbocycles. The summed E-state index contributed by atoms with van der Waals surface area (Å²) in [5.41, 5.74) is 0. The highest BCUT2D eigenvalue weighted by Gasteiger charge is 2.07. The molecular weight excluding hydrogens is 296 g/mol. The van der Waals surface area contributed by atoms with E-state index in [0.717, 1.165) is 25.9 Å². The van der Waals surface area contributed by atoms with E-state index in [1.807, 2.05) is 6.07 Å². The third-order valence-electron chi connectivity index (χ3n) is 3.59. The topological polar surface area (TPSA) is 56.7 Å². The number of aliphatic imine (C=N–C) groups is 1. The molecule has 22 heavy (non-hydrogen) atoms. The second kappa shape index (κ2) is 10.2. The molecule has 0 bridgehead atoms. The Morgan fingerprint density at radius 3 is 2.59 bits per heavy atom. The molecule has 0 unspecified atom stereocenters. The van der Waals surface area contributed by atoms with Crippen LogP contribution in [-0.4, -0.2) is 44.0 Å². The molecule has 0 atom stereocenters. The Balaban J connectivity index is 2.58. The van der Waals surface area contributed by atoms with Crippen LogP contribution in [0.5, 0.6) is 0 Å². The van der Waals surface area contributed by atoms with E-state index in [9.17, 15) is 4.79 Å². The summed E-state index contributed by atoms with van der Waals surface area (Å²) < 4.78 is 0. The lowest BCUT2D eigenvalue weighted by Crippen LogP contribution is -2.40. The SMILES string of the molecule is CCC(CC)CNC(=NCC(=O)N(C)C)NCc1cccs1. The first kappa shape index (κ1) is 18.5. The molecule has 0 fully saturated rings. The van der Waals surface area contributed by atoms with E-state index >= 15 is 0 Å². The maximum absolute atomic E-state index is 11.7. The van der Waals surface area contributed by atoms with Gasteiger partial charge in [0.2, 0.25) is 5.91 Å². The zero-order valence-corrected chi connectivity index (χ0v) is 14.9. The predicted octanol–water partition coefficient (Wildman–Crippen LogP) is 2.31. The van der Waals surface area contributed by atoms with Gasteiger partial charge in [0.15, 0.2) is 5.96 Å². The maximum atomic E-state index is 11.7. The van der Waals surface area contributed by atoms with Crippen molar-refractivity contribution in [2.45, 2.75) is 33.2 Å². The van der Waals surface area contributed by atoms with Crippen LogP contribution in [-0.2, 0) is 11.3 Å².